The maximum absolute atomic E-state index is 12.9. The molecule has 2 aliphatic rings. The van der Waals surface area contributed by atoms with Gasteiger partial charge in [-0.25, -0.2) is 4.79 Å². The van der Waals surface area contributed by atoms with Crippen molar-refractivity contribution in [1.29, 1.82) is 0 Å². The lowest BCUT2D eigenvalue weighted by Gasteiger charge is -2.21. The number of halogens is 1. The molecule has 152 valence electrons. The van der Waals surface area contributed by atoms with Crippen LogP contribution in [0.15, 0.2) is 48.5 Å². The first-order valence-corrected chi connectivity index (χ1v) is 10.7. The van der Waals surface area contributed by atoms with E-state index in [-0.39, 0.29) is 11.9 Å². The van der Waals surface area contributed by atoms with Gasteiger partial charge in [0, 0.05) is 29.5 Å². The number of nitrogens with one attached hydrogen (secondary N) is 2. The standard InChI is InChI=1S/C23H26ClN3O2/c24-18-7-5-17(6-8-18)23(13-14-23)21(28)25-19-9-11-20(12-10-19)26-22(29)27-15-3-1-2-4-16-27/h5-12H,1-4,13-16H2,(H,25,28)(H,26,29). The van der Waals surface area contributed by atoms with Gasteiger partial charge in [0.25, 0.3) is 0 Å². The molecule has 1 heterocycles. The highest BCUT2D eigenvalue weighted by molar-refractivity contribution is 6.30. The Morgan fingerprint density at radius 3 is 1.90 bits per heavy atom. The molecule has 0 aromatic heterocycles. The van der Waals surface area contributed by atoms with Crippen LogP contribution >= 0.6 is 11.6 Å². The lowest BCUT2D eigenvalue weighted by atomic mass is 9.95. The van der Waals surface area contributed by atoms with E-state index in [1.54, 1.807) is 0 Å². The molecular formula is C23H26ClN3O2. The Kier molecular flexibility index (Phi) is 5.76. The second-order valence-electron chi connectivity index (χ2n) is 7.95. The summed E-state index contributed by atoms with van der Waals surface area (Å²) in [5.41, 5.74) is 2.00. The quantitative estimate of drug-likeness (QED) is 0.705. The van der Waals surface area contributed by atoms with Crippen LogP contribution in [0.4, 0.5) is 16.2 Å². The molecule has 2 aromatic rings. The molecule has 1 saturated carbocycles. The number of amides is 3. The lowest BCUT2D eigenvalue weighted by Crippen LogP contribution is -2.35. The van der Waals surface area contributed by atoms with Crippen molar-refractivity contribution in [3.63, 3.8) is 0 Å². The topological polar surface area (TPSA) is 61.4 Å². The van der Waals surface area contributed by atoms with Crippen LogP contribution in [0.5, 0.6) is 0 Å². The first-order chi connectivity index (χ1) is 14.1. The van der Waals surface area contributed by atoms with Crippen LogP contribution < -0.4 is 10.6 Å². The smallest absolute Gasteiger partial charge is 0.321 e. The Bertz CT molecular complexity index is 868. The third-order valence-corrected chi connectivity index (χ3v) is 6.12. The summed E-state index contributed by atoms with van der Waals surface area (Å²) in [6.07, 6.45) is 6.18. The van der Waals surface area contributed by atoms with Gasteiger partial charge in [0.05, 0.1) is 5.41 Å². The molecule has 1 saturated heterocycles. The van der Waals surface area contributed by atoms with Gasteiger partial charge >= 0.3 is 6.03 Å². The highest BCUT2D eigenvalue weighted by Gasteiger charge is 2.51. The minimum atomic E-state index is -0.454. The third kappa shape index (κ3) is 4.56. The Morgan fingerprint density at radius 1 is 0.793 bits per heavy atom. The zero-order valence-corrected chi connectivity index (χ0v) is 17.2. The van der Waals surface area contributed by atoms with Gasteiger partial charge in [-0.2, -0.15) is 0 Å². The van der Waals surface area contributed by atoms with Crippen molar-refractivity contribution in [3.05, 3.63) is 59.1 Å². The molecule has 29 heavy (non-hydrogen) atoms. The molecule has 0 spiro atoms. The minimum absolute atomic E-state index is 0.00109. The molecule has 0 unspecified atom stereocenters. The number of carbonyl (C=O) groups is 2. The zero-order valence-electron chi connectivity index (χ0n) is 16.4. The maximum Gasteiger partial charge on any atom is 0.321 e. The monoisotopic (exact) mass is 411 g/mol. The van der Waals surface area contributed by atoms with Gasteiger partial charge < -0.3 is 15.5 Å². The molecule has 4 rings (SSSR count). The van der Waals surface area contributed by atoms with Crippen LogP contribution in [-0.2, 0) is 10.2 Å². The van der Waals surface area contributed by atoms with E-state index in [2.05, 4.69) is 10.6 Å². The average molecular weight is 412 g/mol. The van der Waals surface area contributed by atoms with E-state index in [0.717, 1.165) is 55.7 Å². The van der Waals surface area contributed by atoms with E-state index in [9.17, 15) is 9.59 Å². The molecule has 5 nitrogen and oxygen atoms in total. The van der Waals surface area contributed by atoms with Crippen LogP contribution in [0.3, 0.4) is 0 Å². The fourth-order valence-electron chi connectivity index (χ4n) is 3.90. The van der Waals surface area contributed by atoms with Crippen molar-refractivity contribution in [2.45, 2.75) is 43.9 Å². The van der Waals surface area contributed by atoms with Gasteiger partial charge in [0.15, 0.2) is 0 Å². The third-order valence-electron chi connectivity index (χ3n) is 5.87. The van der Waals surface area contributed by atoms with Crippen LogP contribution in [0.1, 0.15) is 44.1 Å². The van der Waals surface area contributed by atoms with E-state index < -0.39 is 5.41 Å². The van der Waals surface area contributed by atoms with E-state index in [4.69, 9.17) is 11.6 Å². The Morgan fingerprint density at radius 2 is 1.34 bits per heavy atom. The zero-order chi connectivity index (χ0) is 20.3. The number of likely N-dealkylation sites (tertiary alicyclic amines) is 1. The first-order valence-electron chi connectivity index (χ1n) is 10.3. The molecule has 2 fully saturated rings. The summed E-state index contributed by atoms with van der Waals surface area (Å²) < 4.78 is 0. The van der Waals surface area contributed by atoms with Gasteiger partial charge in [-0.1, -0.05) is 36.6 Å². The Labute approximate surface area is 176 Å². The number of rotatable bonds is 4. The van der Waals surface area contributed by atoms with E-state index >= 15 is 0 Å². The van der Waals surface area contributed by atoms with Crippen LogP contribution in [0.2, 0.25) is 5.02 Å². The number of hydrogen-bond acceptors (Lipinski definition) is 2. The van der Waals surface area contributed by atoms with Crippen molar-refractivity contribution >= 4 is 34.9 Å². The minimum Gasteiger partial charge on any atom is -0.325 e. The molecule has 2 N–H and O–H groups in total. The summed E-state index contributed by atoms with van der Waals surface area (Å²) in [7, 11) is 0. The van der Waals surface area contributed by atoms with E-state index in [0.29, 0.717) is 5.02 Å². The van der Waals surface area contributed by atoms with Crippen molar-refractivity contribution in [1.82, 2.24) is 4.90 Å². The summed E-state index contributed by atoms with van der Waals surface area (Å²) in [6, 6.07) is 14.8. The second-order valence-corrected chi connectivity index (χ2v) is 8.39. The van der Waals surface area contributed by atoms with Gasteiger partial charge in [-0.15, -0.1) is 0 Å². The number of carbonyl (C=O) groups excluding carboxylic acids is 2. The molecule has 1 aliphatic heterocycles. The fourth-order valence-corrected chi connectivity index (χ4v) is 4.03. The Balaban J connectivity index is 1.36. The predicted octanol–water partition coefficient (Wildman–Crippen LogP) is 5.42. The van der Waals surface area contributed by atoms with Gasteiger partial charge in [-0.05, 0) is 67.6 Å². The highest BCUT2D eigenvalue weighted by atomic mass is 35.5. The average Bonchev–Trinajstić information content (AvgIpc) is 3.55. The number of urea groups is 1. The molecular weight excluding hydrogens is 386 g/mol. The van der Waals surface area contributed by atoms with Crippen LogP contribution in [0.25, 0.3) is 0 Å². The Hall–Kier alpha value is -2.53. The van der Waals surface area contributed by atoms with Gasteiger partial charge in [0.1, 0.15) is 0 Å². The molecule has 0 bridgehead atoms. The van der Waals surface area contributed by atoms with Crippen LogP contribution in [-0.4, -0.2) is 29.9 Å². The highest BCUT2D eigenvalue weighted by Crippen LogP contribution is 2.49. The normalized spacial score (nSPS) is 17.9. The van der Waals surface area contributed by atoms with Gasteiger partial charge in [0.2, 0.25) is 5.91 Å². The lowest BCUT2D eigenvalue weighted by molar-refractivity contribution is -0.118. The summed E-state index contributed by atoms with van der Waals surface area (Å²) in [5.74, 6) is 0.00109. The summed E-state index contributed by atoms with van der Waals surface area (Å²) >= 11 is 5.97. The van der Waals surface area contributed by atoms with E-state index in [1.807, 2.05) is 53.4 Å². The molecule has 2 aromatic carbocycles. The van der Waals surface area contributed by atoms with Gasteiger partial charge in [-0.3, -0.25) is 4.79 Å². The van der Waals surface area contributed by atoms with E-state index in [1.165, 1.54) is 12.8 Å². The first kappa shape index (κ1) is 19.8. The number of benzene rings is 2. The van der Waals surface area contributed by atoms with Crippen molar-refractivity contribution in [2.75, 3.05) is 23.7 Å². The second kappa shape index (κ2) is 8.46. The molecule has 0 radical (unpaired) electrons. The fraction of sp³-hybridized carbons (Fsp3) is 0.391. The van der Waals surface area contributed by atoms with Crippen molar-refractivity contribution < 1.29 is 9.59 Å². The SMILES string of the molecule is O=C(Nc1ccc(NC(=O)C2(c3ccc(Cl)cc3)CC2)cc1)N1CCCCCC1. The summed E-state index contributed by atoms with van der Waals surface area (Å²) in [5, 5.41) is 6.64. The summed E-state index contributed by atoms with van der Waals surface area (Å²) in [4.78, 5) is 27.2. The number of hydrogen-bond donors (Lipinski definition) is 2. The van der Waals surface area contributed by atoms with Crippen molar-refractivity contribution in [3.8, 4) is 0 Å². The predicted molar refractivity (Wildman–Crippen MR) is 116 cm³/mol. The largest absolute Gasteiger partial charge is 0.325 e. The molecule has 3 amide bonds. The molecule has 6 heteroatoms. The van der Waals surface area contributed by atoms with Crippen LogP contribution in [0, 0.1) is 0 Å². The maximum atomic E-state index is 12.9. The number of nitrogens with zero attached hydrogens (tertiary/aromatic N) is 1. The molecule has 0 atom stereocenters. The summed E-state index contributed by atoms with van der Waals surface area (Å²) in [6.45, 7) is 1.62. The number of anilines is 2. The van der Waals surface area contributed by atoms with Crippen molar-refractivity contribution in [2.24, 2.45) is 0 Å². The molecule has 1 aliphatic carbocycles.